The van der Waals surface area contributed by atoms with Crippen LogP contribution in [0.3, 0.4) is 0 Å². The van der Waals surface area contributed by atoms with Gasteiger partial charge in [-0.3, -0.25) is 4.79 Å². The summed E-state index contributed by atoms with van der Waals surface area (Å²) in [5, 5.41) is 11.4. The first-order valence-corrected chi connectivity index (χ1v) is 12.0. The molecule has 1 N–H and O–H groups in total. The number of para-hydroxylation sites is 1. The molecule has 3 aliphatic rings. The summed E-state index contributed by atoms with van der Waals surface area (Å²) in [5.74, 6) is 2.08. The predicted molar refractivity (Wildman–Crippen MR) is 134 cm³/mol. The average Bonchev–Trinajstić information content (AvgIpc) is 3.35. The number of amides is 1. The maximum Gasteiger partial charge on any atom is 0.256 e. The number of likely N-dealkylation sites (N-methyl/N-ethyl adjacent to an activating group) is 1. The Balaban J connectivity index is 1.65. The fourth-order valence-electron chi connectivity index (χ4n) is 6.09. The molecule has 3 unspecified atom stereocenters. The summed E-state index contributed by atoms with van der Waals surface area (Å²) in [7, 11) is 7.99. The largest absolute Gasteiger partial charge is 0.507 e. The summed E-state index contributed by atoms with van der Waals surface area (Å²) in [6, 6.07) is 9.27. The maximum absolute atomic E-state index is 13.7. The number of allylic oxidation sites excluding steroid dienone is 1. The highest BCUT2D eigenvalue weighted by atomic mass is 16.5. The monoisotopic (exact) mass is 493 g/mol. The zero-order valence-electron chi connectivity index (χ0n) is 21.2. The van der Waals surface area contributed by atoms with Crippen molar-refractivity contribution in [1.29, 1.82) is 0 Å². The van der Waals surface area contributed by atoms with E-state index >= 15 is 0 Å². The Labute approximate surface area is 210 Å². The van der Waals surface area contributed by atoms with Crippen molar-refractivity contribution in [3.63, 3.8) is 0 Å². The molecule has 2 bridgehead atoms. The van der Waals surface area contributed by atoms with Crippen molar-refractivity contribution in [3.8, 4) is 28.7 Å². The number of likely N-dealkylation sites (tertiary alicyclic amines) is 1. The first-order valence-electron chi connectivity index (χ1n) is 12.0. The number of piperidine rings is 1. The predicted octanol–water partition coefficient (Wildman–Crippen LogP) is 4.69. The average molecular weight is 494 g/mol. The minimum Gasteiger partial charge on any atom is -0.507 e. The van der Waals surface area contributed by atoms with Gasteiger partial charge in [-0.1, -0.05) is 12.1 Å². The van der Waals surface area contributed by atoms with Gasteiger partial charge in [0.2, 0.25) is 5.75 Å². The SMILES string of the molecule is COc1cccc2c1OC13CCCC1C2C(=C(O)C=Cc1ccc(OC)c(OC)c1OC)C(=O)N3C. The number of benzene rings is 2. The van der Waals surface area contributed by atoms with Crippen LogP contribution in [0.15, 0.2) is 47.7 Å². The van der Waals surface area contributed by atoms with Gasteiger partial charge in [-0.15, -0.1) is 0 Å². The Bertz CT molecular complexity index is 1270. The van der Waals surface area contributed by atoms with E-state index in [1.807, 2.05) is 18.2 Å². The first-order chi connectivity index (χ1) is 17.4. The number of fused-ring (bicyclic) bond motifs is 2. The Morgan fingerprint density at radius 1 is 1.06 bits per heavy atom. The van der Waals surface area contributed by atoms with Crippen LogP contribution in [0.5, 0.6) is 28.7 Å². The van der Waals surface area contributed by atoms with Crippen LogP contribution in [-0.2, 0) is 4.79 Å². The number of carbonyl (C=O) groups excluding carboxylic acids is 1. The Morgan fingerprint density at radius 2 is 1.81 bits per heavy atom. The molecule has 8 heteroatoms. The highest BCUT2D eigenvalue weighted by Crippen LogP contribution is 2.61. The van der Waals surface area contributed by atoms with Crippen LogP contribution in [0.4, 0.5) is 0 Å². The van der Waals surface area contributed by atoms with E-state index in [4.69, 9.17) is 23.7 Å². The standard InChI is InChI=1S/C28H31NO7/c1-29-27(31)23(19(30)13-11-16-12-14-21(33-3)26(35-5)24(16)34-4)22-17-8-6-10-20(32-2)25(17)36-28(29)15-7-9-18(22)28/h6,8,10-14,18,22,30H,7,9,15H2,1-5H3. The minimum absolute atomic E-state index is 0.0287. The number of aliphatic hydroxyl groups is 1. The van der Waals surface area contributed by atoms with Gasteiger partial charge in [-0.05, 0) is 43.2 Å². The molecule has 36 heavy (non-hydrogen) atoms. The van der Waals surface area contributed by atoms with Crippen molar-refractivity contribution >= 4 is 12.0 Å². The molecule has 2 aromatic carbocycles. The molecule has 1 aliphatic carbocycles. The van der Waals surface area contributed by atoms with Gasteiger partial charge in [0.05, 0.1) is 34.0 Å². The highest BCUT2D eigenvalue weighted by molar-refractivity contribution is 5.98. The van der Waals surface area contributed by atoms with E-state index in [1.54, 1.807) is 57.6 Å². The van der Waals surface area contributed by atoms with Crippen LogP contribution in [0.25, 0.3) is 6.08 Å². The number of nitrogens with zero attached hydrogens (tertiary/aromatic N) is 1. The first kappa shape index (κ1) is 23.9. The van der Waals surface area contributed by atoms with Crippen LogP contribution in [-0.4, -0.2) is 57.1 Å². The van der Waals surface area contributed by atoms with Crippen molar-refractivity contribution in [2.75, 3.05) is 35.5 Å². The molecular weight excluding hydrogens is 462 g/mol. The van der Waals surface area contributed by atoms with Crippen molar-refractivity contribution in [1.82, 2.24) is 4.90 Å². The minimum atomic E-state index is -0.747. The van der Waals surface area contributed by atoms with Gasteiger partial charge in [-0.25, -0.2) is 0 Å². The number of rotatable bonds is 6. The molecule has 2 aromatic rings. The van der Waals surface area contributed by atoms with Gasteiger partial charge in [0.1, 0.15) is 5.76 Å². The van der Waals surface area contributed by atoms with E-state index < -0.39 is 5.72 Å². The van der Waals surface area contributed by atoms with Crippen LogP contribution in [0, 0.1) is 5.92 Å². The summed E-state index contributed by atoms with van der Waals surface area (Å²) in [6.07, 6.45) is 5.81. The van der Waals surface area contributed by atoms with Gasteiger partial charge < -0.3 is 33.7 Å². The molecule has 0 radical (unpaired) electrons. The molecule has 2 heterocycles. The summed E-state index contributed by atoms with van der Waals surface area (Å²) in [5.41, 5.74) is 1.14. The Morgan fingerprint density at radius 3 is 2.50 bits per heavy atom. The summed E-state index contributed by atoms with van der Waals surface area (Å²) < 4.78 is 28.6. The fraction of sp³-hybridized carbons (Fsp3) is 0.393. The lowest BCUT2D eigenvalue weighted by Gasteiger charge is -2.54. The van der Waals surface area contributed by atoms with Gasteiger partial charge in [-0.2, -0.15) is 0 Å². The highest BCUT2D eigenvalue weighted by Gasteiger charge is 2.62. The lowest BCUT2D eigenvalue weighted by atomic mass is 9.69. The molecule has 1 saturated carbocycles. The number of hydrogen-bond donors (Lipinski definition) is 1. The van der Waals surface area contributed by atoms with Crippen LogP contribution < -0.4 is 23.7 Å². The van der Waals surface area contributed by atoms with Gasteiger partial charge in [0.15, 0.2) is 28.7 Å². The van der Waals surface area contributed by atoms with Gasteiger partial charge >= 0.3 is 0 Å². The number of aliphatic hydroxyl groups excluding tert-OH is 1. The molecule has 5 rings (SSSR count). The van der Waals surface area contributed by atoms with E-state index in [9.17, 15) is 9.90 Å². The lowest BCUT2D eigenvalue weighted by molar-refractivity contribution is -0.166. The van der Waals surface area contributed by atoms with E-state index in [2.05, 4.69) is 0 Å². The second-order valence-corrected chi connectivity index (χ2v) is 9.22. The third kappa shape index (κ3) is 3.31. The topological polar surface area (TPSA) is 86.7 Å². The van der Waals surface area contributed by atoms with Crippen LogP contribution in [0.1, 0.15) is 36.3 Å². The Kier molecular flexibility index (Phi) is 5.98. The molecule has 0 aromatic heterocycles. The van der Waals surface area contributed by atoms with Crippen molar-refractivity contribution in [3.05, 3.63) is 58.9 Å². The van der Waals surface area contributed by atoms with Crippen molar-refractivity contribution < 1.29 is 33.6 Å². The number of carbonyl (C=O) groups is 1. The number of hydrogen-bond acceptors (Lipinski definition) is 7. The maximum atomic E-state index is 13.7. The van der Waals surface area contributed by atoms with Crippen molar-refractivity contribution in [2.24, 2.45) is 5.92 Å². The molecule has 2 fully saturated rings. The fourth-order valence-corrected chi connectivity index (χ4v) is 6.09. The van der Waals surface area contributed by atoms with E-state index in [0.717, 1.165) is 24.8 Å². The summed E-state index contributed by atoms with van der Waals surface area (Å²) in [4.78, 5) is 15.4. The quantitative estimate of drug-likeness (QED) is 0.461. The summed E-state index contributed by atoms with van der Waals surface area (Å²) >= 11 is 0. The lowest BCUT2D eigenvalue weighted by Crippen LogP contribution is -2.64. The van der Waals surface area contributed by atoms with Gasteiger partial charge in [0.25, 0.3) is 5.91 Å². The Hall–Kier alpha value is -3.81. The molecule has 190 valence electrons. The number of ether oxygens (including phenoxy) is 5. The molecule has 2 aliphatic heterocycles. The van der Waals surface area contributed by atoms with Crippen LogP contribution in [0.2, 0.25) is 0 Å². The van der Waals surface area contributed by atoms with E-state index in [0.29, 0.717) is 39.9 Å². The third-order valence-electron chi connectivity index (χ3n) is 7.72. The van der Waals surface area contributed by atoms with E-state index in [1.165, 1.54) is 7.11 Å². The normalized spacial score (nSPS) is 25.7. The third-order valence-corrected chi connectivity index (χ3v) is 7.72. The second kappa shape index (κ2) is 9.00. The smallest absolute Gasteiger partial charge is 0.256 e. The zero-order chi connectivity index (χ0) is 25.6. The van der Waals surface area contributed by atoms with Crippen molar-refractivity contribution in [2.45, 2.75) is 30.9 Å². The zero-order valence-corrected chi connectivity index (χ0v) is 21.2. The van der Waals surface area contributed by atoms with Gasteiger partial charge in [0, 0.05) is 36.4 Å². The molecule has 8 nitrogen and oxygen atoms in total. The van der Waals surface area contributed by atoms with Crippen LogP contribution >= 0.6 is 0 Å². The molecule has 0 spiro atoms. The molecule has 3 atom stereocenters. The molecular formula is C28H31NO7. The summed E-state index contributed by atoms with van der Waals surface area (Å²) in [6.45, 7) is 0. The van der Waals surface area contributed by atoms with E-state index in [-0.39, 0.29) is 23.5 Å². The molecule has 1 saturated heterocycles. The second-order valence-electron chi connectivity index (χ2n) is 9.22. The molecule has 1 amide bonds. The number of methoxy groups -OCH3 is 4.